The first-order valence-corrected chi connectivity index (χ1v) is 11.7. The second-order valence-corrected chi connectivity index (χ2v) is 8.79. The van der Waals surface area contributed by atoms with Gasteiger partial charge >= 0.3 is 5.97 Å². The van der Waals surface area contributed by atoms with E-state index in [4.69, 9.17) is 18.6 Å². The molecule has 1 aromatic heterocycles. The van der Waals surface area contributed by atoms with Gasteiger partial charge in [-0.25, -0.2) is 9.78 Å². The molecule has 1 unspecified atom stereocenters. The Balaban J connectivity index is 1.72. The maximum atomic E-state index is 12.1. The van der Waals surface area contributed by atoms with Gasteiger partial charge in [0, 0.05) is 18.6 Å². The summed E-state index contributed by atoms with van der Waals surface area (Å²) < 4.78 is 22.4. The lowest BCUT2D eigenvalue weighted by Gasteiger charge is -2.18. The highest BCUT2D eigenvalue weighted by molar-refractivity contribution is 5.75. The van der Waals surface area contributed by atoms with Gasteiger partial charge in [0.15, 0.2) is 6.10 Å². The van der Waals surface area contributed by atoms with Crippen molar-refractivity contribution in [2.75, 3.05) is 13.7 Å². The Hall–Kier alpha value is -3.12. The van der Waals surface area contributed by atoms with E-state index in [1.807, 2.05) is 52.0 Å². The second kappa shape index (κ2) is 11.3. The largest absolute Gasteiger partial charge is 0.487 e. The Morgan fingerprint density at radius 3 is 2.26 bits per heavy atom. The minimum atomic E-state index is -0.620. The average Bonchev–Trinajstić information content (AvgIpc) is 3.19. The van der Waals surface area contributed by atoms with Gasteiger partial charge in [0.2, 0.25) is 5.89 Å². The lowest BCUT2D eigenvalue weighted by atomic mass is 9.97. The van der Waals surface area contributed by atoms with Crippen molar-refractivity contribution in [3.05, 3.63) is 70.1 Å². The summed E-state index contributed by atoms with van der Waals surface area (Å²) in [6, 6.07) is 12.3. The fraction of sp³-hybridized carbons (Fsp3) is 0.429. The highest BCUT2D eigenvalue weighted by Gasteiger charge is 2.22. The van der Waals surface area contributed by atoms with Crippen LogP contribution in [0, 0.1) is 20.8 Å². The Morgan fingerprint density at radius 1 is 1.06 bits per heavy atom. The van der Waals surface area contributed by atoms with Crippen molar-refractivity contribution < 1.29 is 23.4 Å². The minimum Gasteiger partial charge on any atom is -0.487 e. The number of nitrogens with zero attached hydrogens (tertiary/aromatic N) is 1. The number of hydrogen-bond donors (Lipinski definition) is 0. The number of oxazole rings is 1. The molecule has 3 rings (SSSR count). The molecule has 0 saturated heterocycles. The van der Waals surface area contributed by atoms with E-state index in [1.165, 1.54) is 12.7 Å². The van der Waals surface area contributed by atoms with Gasteiger partial charge in [-0.1, -0.05) is 26.0 Å². The van der Waals surface area contributed by atoms with Crippen molar-refractivity contribution in [2.24, 2.45) is 0 Å². The molecule has 6 heteroatoms. The normalized spacial score (nSPS) is 12.1. The molecule has 0 amide bonds. The van der Waals surface area contributed by atoms with Gasteiger partial charge in [-0.15, -0.1) is 0 Å². The van der Waals surface area contributed by atoms with Crippen LogP contribution in [0.5, 0.6) is 5.75 Å². The molecule has 0 spiro atoms. The number of hydrogen-bond acceptors (Lipinski definition) is 6. The molecule has 182 valence electrons. The molecule has 1 heterocycles. The number of methoxy groups -OCH3 is 1. The van der Waals surface area contributed by atoms with E-state index >= 15 is 0 Å². The molecule has 0 N–H and O–H groups in total. The first-order chi connectivity index (χ1) is 16.2. The predicted molar refractivity (Wildman–Crippen MR) is 132 cm³/mol. The lowest BCUT2D eigenvalue weighted by molar-refractivity contribution is -0.153. The van der Waals surface area contributed by atoms with Crippen molar-refractivity contribution in [3.8, 4) is 17.2 Å². The fourth-order valence-corrected chi connectivity index (χ4v) is 3.94. The molecule has 0 aliphatic carbocycles. The number of carbonyl (C=O) groups excluding carboxylic acids is 1. The monoisotopic (exact) mass is 465 g/mol. The number of aromatic nitrogens is 1. The van der Waals surface area contributed by atoms with Crippen LogP contribution in [0.2, 0.25) is 0 Å². The molecule has 1 atom stereocenters. The van der Waals surface area contributed by atoms with Crippen LogP contribution in [0.3, 0.4) is 0 Å². The predicted octanol–water partition coefficient (Wildman–Crippen LogP) is 6.09. The summed E-state index contributed by atoms with van der Waals surface area (Å²) in [6.45, 7) is 12.9. The number of carbonyl (C=O) groups is 1. The highest BCUT2D eigenvalue weighted by atomic mass is 16.6. The second-order valence-electron chi connectivity index (χ2n) is 8.79. The number of aryl methyl sites for hydroxylation is 3. The quantitative estimate of drug-likeness (QED) is 0.338. The number of benzene rings is 2. The van der Waals surface area contributed by atoms with E-state index in [-0.39, 0.29) is 5.97 Å². The SMILES string of the molecule is CCOC(Cc1c(C)cc(OCc2nc(-c3ccc(C(C)C)cc3)oc2C)cc1C)C(=O)OC. The molecule has 2 aromatic carbocycles. The Morgan fingerprint density at radius 2 is 1.71 bits per heavy atom. The standard InChI is InChI=1S/C28H35NO5/c1-8-32-26(28(30)31-7)15-24-18(4)13-23(14-19(24)5)33-16-25-20(6)34-27(29-25)22-11-9-21(10-12-22)17(2)3/h9-14,17,26H,8,15-16H2,1-7H3. The van der Waals surface area contributed by atoms with Gasteiger partial charge in [0.05, 0.1) is 7.11 Å². The van der Waals surface area contributed by atoms with Crippen LogP contribution in [0.1, 0.15) is 60.4 Å². The molecule has 0 aliphatic heterocycles. The van der Waals surface area contributed by atoms with E-state index in [1.54, 1.807) is 0 Å². The molecule has 0 saturated carbocycles. The van der Waals surface area contributed by atoms with Crippen molar-refractivity contribution in [1.29, 1.82) is 0 Å². The molecular formula is C28H35NO5. The number of ether oxygens (including phenoxy) is 3. The van der Waals surface area contributed by atoms with Crippen molar-refractivity contribution in [2.45, 2.75) is 66.6 Å². The number of esters is 1. The lowest BCUT2D eigenvalue weighted by Crippen LogP contribution is -2.28. The Bertz CT molecular complexity index is 1090. The third-order valence-electron chi connectivity index (χ3n) is 5.98. The van der Waals surface area contributed by atoms with E-state index in [2.05, 4.69) is 31.0 Å². The molecule has 34 heavy (non-hydrogen) atoms. The minimum absolute atomic E-state index is 0.307. The summed E-state index contributed by atoms with van der Waals surface area (Å²) >= 11 is 0. The zero-order valence-electron chi connectivity index (χ0n) is 21.2. The van der Waals surface area contributed by atoms with E-state index < -0.39 is 6.10 Å². The molecular weight excluding hydrogens is 430 g/mol. The van der Waals surface area contributed by atoms with E-state index in [0.717, 1.165) is 39.5 Å². The highest BCUT2D eigenvalue weighted by Crippen LogP contribution is 2.27. The van der Waals surface area contributed by atoms with Gasteiger partial charge in [-0.05, 0) is 80.1 Å². The third-order valence-corrected chi connectivity index (χ3v) is 5.98. The Kier molecular flexibility index (Phi) is 8.51. The van der Waals surface area contributed by atoms with Gasteiger partial charge in [0.25, 0.3) is 0 Å². The topological polar surface area (TPSA) is 70.8 Å². The average molecular weight is 466 g/mol. The van der Waals surface area contributed by atoms with Crippen molar-refractivity contribution in [3.63, 3.8) is 0 Å². The van der Waals surface area contributed by atoms with Gasteiger partial charge in [-0.3, -0.25) is 0 Å². The summed E-state index contributed by atoms with van der Waals surface area (Å²) in [5, 5.41) is 0. The fourth-order valence-electron chi connectivity index (χ4n) is 3.94. The van der Waals surface area contributed by atoms with Gasteiger partial charge < -0.3 is 18.6 Å². The van der Waals surface area contributed by atoms with Gasteiger partial charge in [0.1, 0.15) is 23.8 Å². The number of rotatable bonds is 10. The first kappa shape index (κ1) is 25.5. The summed E-state index contributed by atoms with van der Waals surface area (Å²) in [6.07, 6.45) is -0.162. The summed E-state index contributed by atoms with van der Waals surface area (Å²) in [4.78, 5) is 16.7. The Labute approximate surface area is 202 Å². The molecule has 0 fully saturated rings. The molecule has 3 aromatic rings. The molecule has 0 radical (unpaired) electrons. The first-order valence-electron chi connectivity index (χ1n) is 11.7. The van der Waals surface area contributed by atoms with Crippen LogP contribution >= 0.6 is 0 Å². The van der Waals surface area contributed by atoms with E-state index in [0.29, 0.717) is 31.4 Å². The van der Waals surface area contributed by atoms with Crippen molar-refractivity contribution >= 4 is 5.97 Å². The smallest absolute Gasteiger partial charge is 0.335 e. The zero-order valence-corrected chi connectivity index (χ0v) is 21.2. The van der Waals surface area contributed by atoms with Gasteiger partial charge in [-0.2, -0.15) is 0 Å². The maximum absolute atomic E-state index is 12.1. The maximum Gasteiger partial charge on any atom is 0.335 e. The molecule has 0 aliphatic rings. The summed E-state index contributed by atoms with van der Waals surface area (Å²) in [5.74, 6) is 2.20. The van der Waals surface area contributed by atoms with Crippen molar-refractivity contribution in [1.82, 2.24) is 4.98 Å². The van der Waals surface area contributed by atoms with Crippen LogP contribution in [-0.2, 0) is 27.3 Å². The van der Waals surface area contributed by atoms with Crippen LogP contribution in [0.25, 0.3) is 11.5 Å². The van der Waals surface area contributed by atoms with Crippen LogP contribution in [0.15, 0.2) is 40.8 Å². The summed E-state index contributed by atoms with van der Waals surface area (Å²) in [5.41, 5.74) is 6.12. The molecule has 6 nitrogen and oxygen atoms in total. The van der Waals surface area contributed by atoms with Crippen LogP contribution in [0.4, 0.5) is 0 Å². The van der Waals surface area contributed by atoms with Crippen LogP contribution < -0.4 is 4.74 Å². The summed E-state index contributed by atoms with van der Waals surface area (Å²) in [7, 11) is 1.38. The van der Waals surface area contributed by atoms with E-state index in [9.17, 15) is 4.79 Å². The molecule has 0 bridgehead atoms. The zero-order chi connectivity index (χ0) is 24.8. The third kappa shape index (κ3) is 6.06. The van der Waals surface area contributed by atoms with Crippen LogP contribution in [-0.4, -0.2) is 30.8 Å².